The maximum atomic E-state index is 11.8. The van der Waals surface area contributed by atoms with E-state index in [1.54, 1.807) is 11.9 Å². The molecule has 0 aliphatic carbocycles. The summed E-state index contributed by atoms with van der Waals surface area (Å²) in [4.78, 5) is 27.2. The summed E-state index contributed by atoms with van der Waals surface area (Å²) in [6, 6.07) is 0. The fraction of sp³-hybridized carbons (Fsp3) is 0.769. The van der Waals surface area contributed by atoms with Gasteiger partial charge in [0.05, 0.1) is 11.5 Å². The Morgan fingerprint density at radius 2 is 1.85 bits per heavy atom. The summed E-state index contributed by atoms with van der Waals surface area (Å²) >= 11 is 4.78. The Kier molecular flexibility index (Phi) is 9.92. The topological polar surface area (TPSA) is 78.7 Å². The Hall–Kier alpha value is -1.21. The van der Waals surface area contributed by atoms with Crippen LogP contribution in [0, 0.1) is 0 Å². The summed E-state index contributed by atoms with van der Waals surface area (Å²) in [5, 5.41) is 2.80. The molecule has 0 rings (SSSR count). The van der Waals surface area contributed by atoms with Gasteiger partial charge in [0.15, 0.2) is 0 Å². The maximum absolute atomic E-state index is 11.8. The molecule has 7 heteroatoms. The quantitative estimate of drug-likeness (QED) is 0.554. The molecular formula is C13H26N4O2S. The van der Waals surface area contributed by atoms with E-state index in [4.69, 9.17) is 18.0 Å². The van der Waals surface area contributed by atoms with Gasteiger partial charge in [-0.15, -0.1) is 0 Å². The first-order chi connectivity index (χ1) is 9.36. The molecule has 0 spiro atoms. The number of rotatable bonds is 10. The number of carbonyl (C=O) groups is 2. The molecule has 0 aliphatic rings. The van der Waals surface area contributed by atoms with Crippen molar-refractivity contribution >= 4 is 29.0 Å². The lowest BCUT2D eigenvalue weighted by Gasteiger charge is -2.20. The smallest absolute Gasteiger partial charge is 0.234 e. The molecule has 0 aliphatic heterocycles. The van der Waals surface area contributed by atoms with Gasteiger partial charge in [0.25, 0.3) is 0 Å². The zero-order valence-electron chi connectivity index (χ0n) is 12.6. The van der Waals surface area contributed by atoms with Crippen LogP contribution in [-0.2, 0) is 9.59 Å². The van der Waals surface area contributed by atoms with Crippen LogP contribution in [0.1, 0.15) is 26.2 Å². The Labute approximate surface area is 126 Å². The van der Waals surface area contributed by atoms with Crippen LogP contribution in [0.25, 0.3) is 0 Å². The highest BCUT2D eigenvalue weighted by Crippen LogP contribution is 1.96. The van der Waals surface area contributed by atoms with Crippen LogP contribution >= 0.6 is 12.2 Å². The Morgan fingerprint density at radius 1 is 1.20 bits per heavy atom. The van der Waals surface area contributed by atoms with Crippen molar-refractivity contribution in [2.45, 2.75) is 26.2 Å². The van der Waals surface area contributed by atoms with Crippen LogP contribution in [0.2, 0.25) is 0 Å². The highest BCUT2D eigenvalue weighted by Gasteiger charge is 2.11. The molecule has 116 valence electrons. The van der Waals surface area contributed by atoms with E-state index < -0.39 is 0 Å². The molecule has 6 nitrogen and oxygen atoms in total. The van der Waals surface area contributed by atoms with Gasteiger partial charge in [-0.3, -0.25) is 14.5 Å². The first-order valence-corrected chi connectivity index (χ1v) is 7.25. The minimum Gasteiger partial charge on any atom is -0.393 e. The summed E-state index contributed by atoms with van der Waals surface area (Å²) in [7, 11) is 3.56. The highest BCUT2D eigenvalue weighted by atomic mass is 32.1. The number of amides is 2. The predicted molar refractivity (Wildman–Crippen MR) is 84.5 cm³/mol. The Balaban J connectivity index is 3.87. The van der Waals surface area contributed by atoms with Gasteiger partial charge in [0, 0.05) is 39.5 Å². The molecule has 0 aromatic heterocycles. The number of nitrogens with zero attached hydrogens (tertiary/aromatic N) is 2. The third-order valence-electron chi connectivity index (χ3n) is 2.81. The third kappa shape index (κ3) is 9.69. The molecule has 0 saturated heterocycles. The molecule has 0 atom stereocenters. The number of carbonyl (C=O) groups excluding carboxylic acids is 2. The number of hydrogen-bond acceptors (Lipinski definition) is 4. The summed E-state index contributed by atoms with van der Waals surface area (Å²) in [5.74, 6) is 0.0192. The van der Waals surface area contributed by atoms with Crippen LogP contribution in [0.15, 0.2) is 0 Å². The number of likely N-dealkylation sites (N-methyl/N-ethyl adjacent to an activating group) is 1. The summed E-state index contributed by atoms with van der Waals surface area (Å²) < 4.78 is 0. The lowest BCUT2D eigenvalue weighted by molar-refractivity contribution is -0.130. The lowest BCUT2D eigenvalue weighted by Crippen LogP contribution is -2.38. The van der Waals surface area contributed by atoms with Crippen molar-refractivity contribution in [3.8, 4) is 0 Å². The zero-order chi connectivity index (χ0) is 15.5. The molecule has 0 saturated carbocycles. The molecule has 0 radical (unpaired) electrons. The Bertz CT molecular complexity index is 336. The minimum atomic E-state index is -0.0105. The molecule has 0 fully saturated rings. The third-order valence-corrected chi connectivity index (χ3v) is 3.02. The molecule has 0 heterocycles. The molecule has 0 aromatic carbocycles. The van der Waals surface area contributed by atoms with Gasteiger partial charge in [-0.2, -0.15) is 0 Å². The average molecular weight is 302 g/mol. The van der Waals surface area contributed by atoms with E-state index in [1.807, 2.05) is 18.9 Å². The fourth-order valence-corrected chi connectivity index (χ4v) is 1.62. The van der Waals surface area contributed by atoms with Crippen LogP contribution in [0.4, 0.5) is 0 Å². The zero-order valence-corrected chi connectivity index (χ0v) is 13.5. The van der Waals surface area contributed by atoms with Crippen molar-refractivity contribution < 1.29 is 9.59 Å². The van der Waals surface area contributed by atoms with Crippen LogP contribution in [0.5, 0.6) is 0 Å². The van der Waals surface area contributed by atoms with Crippen LogP contribution < -0.4 is 11.1 Å². The molecular weight excluding hydrogens is 276 g/mol. The van der Waals surface area contributed by atoms with E-state index in [2.05, 4.69) is 5.32 Å². The molecule has 20 heavy (non-hydrogen) atoms. The van der Waals surface area contributed by atoms with Gasteiger partial charge in [-0.25, -0.2) is 0 Å². The van der Waals surface area contributed by atoms with E-state index in [-0.39, 0.29) is 11.8 Å². The lowest BCUT2D eigenvalue weighted by atomic mass is 10.3. The van der Waals surface area contributed by atoms with E-state index in [0.717, 1.165) is 6.42 Å². The predicted octanol–water partition coefficient (Wildman–Crippen LogP) is -0.0309. The van der Waals surface area contributed by atoms with Crippen molar-refractivity contribution in [2.75, 3.05) is 40.3 Å². The van der Waals surface area contributed by atoms with Crippen LogP contribution in [-0.4, -0.2) is 66.9 Å². The number of thiocarbonyl (C=S) groups is 1. The second-order valence-electron chi connectivity index (χ2n) is 4.87. The highest BCUT2D eigenvalue weighted by molar-refractivity contribution is 7.80. The maximum Gasteiger partial charge on any atom is 0.234 e. The SMILES string of the molecule is CCCNC(=O)CN(C)CCC(=O)N(C)CCC(N)=S. The molecule has 0 bridgehead atoms. The second-order valence-corrected chi connectivity index (χ2v) is 5.39. The standard InChI is InChI=1S/C13H26N4O2S/c1-4-7-15-12(18)10-16(2)8-6-13(19)17(3)9-5-11(14)20/h4-10H2,1-3H3,(H2,14,20)(H,15,18). The van der Waals surface area contributed by atoms with Crippen molar-refractivity contribution in [3.05, 3.63) is 0 Å². The van der Waals surface area contributed by atoms with Gasteiger partial charge >= 0.3 is 0 Å². The largest absolute Gasteiger partial charge is 0.393 e. The van der Waals surface area contributed by atoms with E-state index in [0.29, 0.717) is 44.0 Å². The molecule has 3 N–H and O–H groups in total. The fourth-order valence-electron chi connectivity index (χ4n) is 1.52. The monoisotopic (exact) mass is 302 g/mol. The number of nitrogens with two attached hydrogens (primary N) is 1. The number of hydrogen-bond donors (Lipinski definition) is 2. The van der Waals surface area contributed by atoms with E-state index in [1.165, 1.54) is 0 Å². The molecule has 2 amide bonds. The molecule has 0 unspecified atom stereocenters. The normalized spacial score (nSPS) is 10.4. The second kappa shape index (κ2) is 10.6. The van der Waals surface area contributed by atoms with Crippen molar-refractivity contribution in [3.63, 3.8) is 0 Å². The van der Waals surface area contributed by atoms with Crippen molar-refractivity contribution in [1.29, 1.82) is 0 Å². The van der Waals surface area contributed by atoms with Gasteiger partial charge in [-0.05, 0) is 13.5 Å². The first-order valence-electron chi connectivity index (χ1n) is 6.84. The summed E-state index contributed by atoms with van der Waals surface area (Å²) in [6.07, 6.45) is 1.83. The minimum absolute atomic E-state index is 0.0105. The van der Waals surface area contributed by atoms with E-state index >= 15 is 0 Å². The summed E-state index contributed by atoms with van der Waals surface area (Å²) in [5.41, 5.74) is 5.40. The van der Waals surface area contributed by atoms with E-state index in [9.17, 15) is 9.59 Å². The van der Waals surface area contributed by atoms with Crippen molar-refractivity contribution in [1.82, 2.24) is 15.1 Å². The van der Waals surface area contributed by atoms with Gasteiger partial charge in [-0.1, -0.05) is 19.1 Å². The van der Waals surface area contributed by atoms with Gasteiger partial charge in [0.1, 0.15) is 0 Å². The summed E-state index contributed by atoms with van der Waals surface area (Å²) in [6.45, 7) is 4.09. The van der Waals surface area contributed by atoms with Crippen LogP contribution in [0.3, 0.4) is 0 Å². The molecule has 0 aromatic rings. The average Bonchev–Trinajstić information content (AvgIpc) is 2.39. The van der Waals surface area contributed by atoms with Crippen molar-refractivity contribution in [2.24, 2.45) is 5.73 Å². The first kappa shape index (κ1) is 18.8. The van der Waals surface area contributed by atoms with Gasteiger partial charge in [0.2, 0.25) is 11.8 Å². The Morgan fingerprint density at radius 3 is 2.40 bits per heavy atom. The number of nitrogens with one attached hydrogen (secondary N) is 1. The van der Waals surface area contributed by atoms with Gasteiger partial charge < -0.3 is 16.0 Å².